The molecule has 1 amide bonds. The molecule has 0 aliphatic heterocycles. The fraction of sp³-hybridized carbons (Fsp3) is 0.105. The largest absolute Gasteiger partial charge is 0.467 e. The van der Waals surface area contributed by atoms with Crippen molar-refractivity contribution in [1.29, 1.82) is 0 Å². The lowest BCUT2D eigenvalue weighted by Crippen LogP contribution is -2.26. The van der Waals surface area contributed by atoms with Crippen LogP contribution in [0.2, 0.25) is 5.02 Å². The molecule has 0 unspecified atom stereocenters. The molecule has 146 valence electrons. The van der Waals surface area contributed by atoms with Gasteiger partial charge in [0.25, 0.3) is 15.9 Å². The number of halogens is 2. The van der Waals surface area contributed by atoms with Gasteiger partial charge in [-0.3, -0.25) is 9.52 Å². The Morgan fingerprint density at radius 1 is 1.18 bits per heavy atom. The van der Waals surface area contributed by atoms with Crippen molar-refractivity contribution in [3.8, 4) is 0 Å². The van der Waals surface area contributed by atoms with Crippen LogP contribution >= 0.6 is 11.6 Å². The molecule has 1 N–H and O–H groups in total. The van der Waals surface area contributed by atoms with E-state index >= 15 is 0 Å². The molecule has 3 aromatic rings. The van der Waals surface area contributed by atoms with Crippen LogP contribution in [0.4, 0.5) is 10.1 Å². The maximum atomic E-state index is 13.2. The lowest BCUT2D eigenvalue weighted by molar-refractivity contribution is 0.0775. The molecule has 3 rings (SSSR count). The Balaban J connectivity index is 1.71. The van der Waals surface area contributed by atoms with Crippen molar-refractivity contribution in [2.24, 2.45) is 0 Å². The molecule has 0 saturated carbocycles. The Kier molecular flexibility index (Phi) is 5.71. The van der Waals surface area contributed by atoms with Gasteiger partial charge in [-0.1, -0.05) is 11.6 Å². The third kappa shape index (κ3) is 4.52. The molecule has 0 bridgehead atoms. The van der Waals surface area contributed by atoms with Crippen LogP contribution in [0, 0.1) is 5.82 Å². The standard InChI is InChI=1S/C19H16ClFN2O4S/c1-23(12-15-3-2-10-27-15)19(24)13-4-6-14(7-5-13)22-28(25,26)16-8-9-18(21)17(20)11-16/h2-11,22H,12H2,1H3. The number of carbonyl (C=O) groups is 1. The molecule has 0 spiro atoms. The average molecular weight is 423 g/mol. The quantitative estimate of drug-likeness (QED) is 0.647. The summed E-state index contributed by atoms with van der Waals surface area (Å²) in [7, 11) is -2.31. The minimum Gasteiger partial charge on any atom is -0.467 e. The summed E-state index contributed by atoms with van der Waals surface area (Å²) in [6, 6.07) is 12.6. The summed E-state index contributed by atoms with van der Waals surface area (Å²) >= 11 is 5.64. The summed E-state index contributed by atoms with van der Waals surface area (Å²) in [5.74, 6) is -0.295. The molecule has 0 fully saturated rings. The van der Waals surface area contributed by atoms with Gasteiger partial charge in [-0.05, 0) is 54.6 Å². The predicted molar refractivity (Wildman–Crippen MR) is 103 cm³/mol. The van der Waals surface area contributed by atoms with Gasteiger partial charge >= 0.3 is 0 Å². The van der Waals surface area contributed by atoms with E-state index in [1.165, 1.54) is 35.4 Å². The van der Waals surface area contributed by atoms with E-state index in [1.54, 1.807) is 19.2 Å². The number of amides is 1. The van der Waals surface area contributed by atoms with Gasteiger partial charge in [-0.2, -0.15) is 0 Å². The van der Waals surface area contributed by atoms with E-state index in [4.69, 9.17) is 16.0 Å². The molecule has 2 aromatic carbocycles. The highest BCUT2D eigenvalue weighted by Crippen LogP contribution is 2.22. The zero-order chi connectivity index (χ0) is 20.3. The first kappa shape index (κ1) is 19.9. The van der Waals surface area contributed by atoms with Crippen LogP contribution in [0.15, 0.2) is 70.2 Å². The summed E-state index contributed by atoms with van der Waals surface area (Å²) in [5.41, 5.74) is 0.646. The number of furan rings is 1. The van der Waals surface area contributed by atoms with E-state index in [2.05, 4.69) is 4.72 Å². The highest BCUT2D eigenvalue weighted by molar-refractivity contribution is 7.92. The third-order valence-corrected chi connectivity index (χ3v) is 5.57. The van der Waals surface area contributed by atoms with Gasteiger partial charge in [0, 0.05) is 18.3 Å². The van der Waals surface area contributed by atoms with Crippen molar-refractivity contribution in [3.05, 3.63) is 83.0 Å². The van der Waals surface area contributed by atoms with E-state index in [1.807, 2.05) is 0 Å². The number of sulfonamides is 1. The molecule has 0 aliphatic carbocycles. The smallest absolute Gasteiger partial charge is 0.261 e. The van der Waals surface area contributed by atoms with Crippen LogP contribution < -0.4 is 4.72 Å². The second-order valence-electron chi connectivity index (χ2n) is 6.00. The van der Waals surface area contributed by atoms with Crippen molar-refractivity contribution in [3.63, 3.8) is 0 Å². The van der Waals surface area contributed by atoms with Crippen LogP contribution in [0.25, 0.3) is 0 Å². The second-order valence-corrected chi connectivity index (χ2v) is 8.09. The van der Waals surface area contributed by atoms with Crippen molar-refractivity contribution in [2.45, 2.75) is 11.4 Å². The van der Waals surface area contributed by atoms with Gasteiger partial charge in [-0.25, -0.2) is 12.8 Å². The minimum absolute atomic E-state index is 0.169. The molecule has 9 heteroatoms. The van der Waals surface area contributed by atoms with E-state index in [-0.39, 0.29) is 21.5 Å². The van der Waals surface area contributed by atoms with E-state index in [9.17, 15) is 17.6 Å². The maximum absolute atomic E-state index is 13.2. The van der Waals surface area contributed by atoms with Crippen molar-refractivity contribution < 1.29 is 22.0 Å². The van der Waals surface area contributed by atoms with Crippen molar-refractivity contribution in [2.75, 3.05) is 11.8 Å². The number of anilines is 1. The number of hydrogen-bond donors (Lipinski definition) is 1. The summed E-state index contributed by atoms with van der Waals surface area (Å²) in [6.45, 7) is 0.311. The summed E-state index contributed by atoms with van der Waals surface area (Å²) < 4.78 is 45.6. The van der Waals surface area contributed by atoms with E-state index in [0.29, 0.717) is 17.9 Å². The Bertz CT molecular complexity index is 1080. The van der Waals surface area contributed by atoms with Crippen LogP contribution in [0.1, 0.15) is 16.1 Å². The molecule has 0 saturated heterocycles. The highest BCUT2D eigenvalue weighted by atomic mass is 35.5. The first-order valence-electron chi connectivity index (χ1n) is 8.12. The van der Waals surface area contributed by atoms with Crippen molar-refractivity contribution in [1.82, 2.24) is 4.90 Å². The predicted octanol–water partition coefficient (Wildman–Crippen LogP) is 4.15. The SMILES string of the molecule is CN(Cc1ccco1)C(=O)c1ccc(NS(=O)(=O)c2ccc(F)c(Cl)c2)cc1. The first-order valence-corrected chi connectivity index (χ1v) is 9.98. The molecule has 0 radical (unpaired) electrons. The summed E-state index contributed by atoms with van der Waals surface area (Å²) in [4.78, 5) is 13.8. The Hall–Kier alpha value is -2.84. The van der Waals surface area contributed by atoms with Crippen LogP contribution in [0.5, 0.6) is 0 Å². The number of rotatable bonds is 6. The Morgan fingerprint density at radius 2 is 1.89 bits per heavy atom. The van der Waals surface area contributed by atoms with E-state index < -0.39 is 15.8 Å². The number of benzene rings is 2. The van der Waals surface area contributed by atoms with Gasteiger partial charge in [0.15, 0.2) is 0 Å². The van der Waals surface area contributed by atoms with Crippen molar-refractivity contribution >= 4 is 33.2 Å². The lowest BCUT2D eigenvalue weighted by atomic mass is 10.2. The molecular weight excluding hydrogens is 407 g/mol. The second kappa shape index (κ2) is 8.04. The number of nitrogens with one attached hydrogen (secondary N) is 1. The first-order chi connectivity index (χ1) is 13.3. The zero-order valence-corrected chi connectivity index (χ0v) is 16.3. The van der Waals surface area contributed by atoms with Gasteiger partial charge < -0.3 is 9.32 Å². The molecule has 0 aliphatic rings. The molecule has 28 heavy (non-hydrogen) atoms. The van der Waals surface area contributed by atoms with Crippen LogP contribution in [-0.2, 0) is 16.6 Å². The van der Waals surface area contributed by atoms with Gasteiger partial charge in [0.2, 0.25) is 0 Å². The fourth-order valence-corrected chi connectivity index (χ4v) is 3.80. The molecular formula is C19H16ClFN2O4S. The highest BCUT2D eigenvalue weighted by Gasteiger charge is 2.17. The number of hydrogen-bond acceptors (Lipinski definition) is 4. The van der Waals surface area contributed by atoms with Gasteiger partial charge in [0.05, 0.1) is 22.7 Å². The third-order valence-electron chi connectivity index (χ3n) is 3.91. The van der Waals surface area contributed by atoms with E-state index in [0.717, 1.165) is 18.2 Å². The average Bonchev–Trinajstić information content (AvgIpc) is 3.16. The molecule has 1 aromatic heterocycles. The summed E-state index contributed by atoms with van der Waals surface area (Å²) in [6.07, 6.45) is 1.53. The fourth-order valence-electron chi connectivity index (χ4n) is 2.47. The van der Waals surface area contributed by atoms with Crippen LogP contribution in [-0.4, -0.2) is 26.3 Å². The zero-order valence-electron chi connectivity index (χ0n) is 14.7. The van der Waals surface area contributed by atoms with Gasteiger partial charge in [0.1, 0.15) is 11.6 Å². The topological polar surface area (TPSA) is 79.6 Å². The number of carbonyl (C=O) groups excluding carboxylic acids is 1. The molecule has 1 heterocycles. The van der Waals surface area contributed by atoms with Crippen LogP contribution in [0.3, 0.4) is 0 Å². The molecule has 0 atom stereocenters. The van der Waals surface area contributed by atoms with Gasteiger partial charge in [-0.15, -0.1) is 0 Å². The Labute approximate surface area is 166 Å². The Morgan fingerprint density at radius 3 is 2.50 bits per heavy atom. The monoisotopic (exact) mass is 422 g/mol. The maximum Gasteiger partial charge on any atom is 0.261 e. The minimum atomic E-state index is -3.95. The number of nitrogens with zero attached hydrogens (tertiary/aromatic N) is 1. The summed E-state index contributed by atoms with van der Waals surface area (Å²) in [5, 5.41) is -0.289. The molecule has 6 nitrogen and oxygen atoms in total. The lowest BCUT2D eigenvalue weighted by Gasteiger charge is -2.16. The normalized spacial score (nSPS) is 11.2.